The van der Waals surface area contributed by atoms with Crippen LogP contribution in [0.25, 0.3) is 0 Å². The first-order valence-electron chi connectivity index (χ1n) is 3.50. The number of rotatable bonds is 0. The van der Waals surface area contributed by atoms with E-state index in [0.29, 0.717) is 0 Å². The topological polar surface area (TPSA) is 23.8 Å². The highest BCUT2D eigenvalue weighted by Crippen LogP contribution is 2.57. The van der Waals surface area contributed by atoms with E-state index < -0.39 is 34.8 Å². The molecular weight excluding hydrogens is 248 g/mol. The molecule has 1 aliphatic carbocycles. The minimum atomic E-state index is -5.22. The van der Waals surface area contributed by atoms with E-state index in [1.165, 1.54) is 0 Å². The molecule has 0 aromatic heterocycles. The molecule has 0 unspecified atom stereocenters. The Morgan fingerprint density at radius 1 is 1.20 bits per heavy atom. The quantitative estimate of drug-likeness (QED) is 0.477. The standard InChI is InChI=1S/C7H2ClF6N/c8-7(14)5(10,11)1-3(2-15)4(9)6(7,12)13/h1H2/t7-/m1/s1. The van der Waals surface area contributed by atoms with Crippen molar-refractivity contribution in [1.82, 2.24) is 0 Å². The Bertz CT molecular complexity index is 366. The van der Waals surface area contributed by atoms with Crippen molar-refractivity contribution >= 4 is 11.6 Å². The van der Waals surface area contributed by atoms with Gasteiger partial charge in [-0.25, -0.2) is 17.6 Å². The third-order valence-corrected chi connectivity index (χ3v) is 2.44. The van der Waals surface area contributed by atoms with Crippen LogP contribution in [0.15, 0.2) is 11.4 Å². The van der Waals surface area contributed by atoms with Gasteiger partial charge in [-0.1, -0.05) is 11.6 Å². The lowest BCUT2D eigenvalue weighted by Gasteiger charge is -2.37. The number of halogens is 7. The summed E-state index contributed by atoms with van der Waals surface area (Å²) in [4.78, 5) is 0. The van der Waals surface area contributed by atoms with Crippen molar-refractivity contribution < 1.29 is 26.3 Å². The van der Waals surface area contributed by atoms with E-state index >= 15 is 0 Å². The smallest absolute Gasteiger partial charge is 0.212 e. The highest BCUT2D eigenvalue weighted by molar-refractivity contribution is 6.24. The van der Waals surface area contributed by atoms with Crippen LogP contribution < -0.4 is 0 Å². The molecule has 0 saturated heterocycles. The van der Waals surface area contributed by atoms with Crippen LogP contribution in [0.1, 0.15) is 6.42 Å². The van der Waals surface area contributed by atoms with Crippen molar-refractivity contribution in [2.24, 2.45) is 0 Å². The summed E-state index contributed by atoms with van der Waals surface area (Å²) in [6.45, 7) is 0. The fraction of sp³-hybridized carbons (Fsp3) is 0.571. The number of nitriles is 1. The van der Waals surface area contributed by atoms with Gasteiger partial charge in [-0.05, 0) is 0 Å². The number of hydrogen-bond donors (Lipinski definition) is 0. The van der Waals surface area contributed by atoms with Crippen LogP contribution in [-0.2, 0) is 0 Å². The SMILES string of the molecule is N#CC1=C(F)C(F)(F)[C@@](F)(Cl)C(F)(F)C1. The third kappa shape index (κ3) is 1.39. The van der Waals surface area contributed by atoms with Crippen molar-refractivity contribution in [3.8, 4) is 6.07 Å². The first-order valence-corrected chi connectivity index (χ1v) is 3.88. The molecule has 8 heteroatoms. The van der Waals surface area contributed by atoms with Gasteiger partial charge in [0, 0.05) is 0 Å². The summed E-state index contributed by atoms with van der Waals surface area (Å²) in [6, 6.07) is 0.822. The largest absolute Gasteiger partial charge is 0.352 e. The highest BCUT2D eigenvalue weighted by Gasteiger charge is 2.74. The van der Waals surface area contributed by atoms with Crippen LogP contribution in [0.5, 0.6) is 0 Å². The number of alkyl halides is 6. The molecular formula is C7H2ClF6N. The van der Waals surface area contributed by atoms with E-state index in [1.807, 2.05) is 0 Å². The maximum Gasteiger partial charge on any atom is 0.352 e. The van der Waals surface area contributed by atoms with Gasteiger partial charge in [0.1, 0.15) is 0 Å². The Labute approximate surface area is 84.9 Å². The second-order valence-electron chi connectivity index (χ2n) is 2.93. The van der Waals surface area contributed by atoms with Gasteiger partial charge >= 0.3 is 17.0 Å². The van der Waals surface area contributed by atoms with Crippen molar-refractivity contribution in [2.75, 3.05) is 0 Å². The number of hydrogen-bond acceptors (Lipinski definition) is 1. The molecule has 0 saturated carbocycles. The van der Waals surface area contributed by atoms with E-state index in [4.69, 9.17) is 5.26 Å². The van der Waals surface area contributed by atoms with Gasteiger partial charge in [-0.15, -0.1) is 0 Å². The maximum absolute atomic E-state index is 12.9. The van der Waals surface area contributed by atoms with Gasteiger partial charge in [-0.2, -0.15) is 14.0 Å². The van der Waals surface area contributed by atoms with Crippen molar-refractivity contribution in [3.63, 3.8) is 0 Å². The summed E-state index contributed by atoms with van der Waals surface area (Å²) in [6.07, 6.45) is -1.79. The molecule has 15 heavy (non-hydrogen) atoms. The summed E-state index contributed by atoms with van der Waals surface area (Å²) in [7, 11) is 0. The van der Waals surface area contributed by atoms with Gasteiger partial charge in [0.15, 0.2) is 5.83 Å². The van der Waals surface area contributed by atoms with Crippen LogP contribution >= 0.6 is 11.6 Å². The Hall–Kier alpha value is -0.900. The molecule has 1 aliphatic rings. The second-order valence-corrected chi connectivity index (χ2v) is 3.46. The van der Waals surface area contributed by atoms with Crippen LogP contribution in [0, 0.1) is 11.3 Å². The summed E-state index contributed by atoms with van der Waals surface area (Å²) in [5.74, 6) is -12.5. The molecule has 0 amide bonds. The molecule has 1 atom stereocenters. The Morgan fingerprint density at radius 2 is 1.67 bits per heavy atom. The molecule has 0 heterocycles. The van der Waals surface area contributed by atoms with Crippen LogP contribution in [-0.4, -0.2) is 17.0 Å². The molecule has 1 nitrogen and oxygen atoms in total. The first-order chi connectivity index (χ1) is 6.58. The average molecular weight is 250 g/mol. The molecule has 0 aromatic rings. The molecule has 84 valence electrons. The number of allylic oxidation sites excluding steroid dienone is 2. The lowest BCUT2D eigenvalue weighted by Crippen LogP contribution is -2.56. The van der Waals surface area contributed by atoms with E-state index in [-0.39, 0.29) is 0 Å². The summed E-state index contributed by atoms with van der Waals surface area (Å²) < 4.78 is 76.6. The zero-order valence-corrected chi connectivity index (χ0v) is 7.56. The van der Waals surface area contributed by atoms with Gasteiger partial charge in [0.2, 0.25) is 0 Å². The fourth-order valence-corrected chi connectivity index (χ4v) is 1.21. The zero-order chi connectivity index (χ0) is 12.1. The van der Waals surface area contributed by atoms with Crippen LogP contribution in [0.3, 0.4) is 0 Å². The minimum absolute atomic E-state index is 0.822. The van der Waals surface area contributed by atoms with E-state index in [2.05, 4.69) is 11.6 Å². The van der Waals surface area contributed by atoms with E-state index in [0.717, 1.165) is 6.07 Å². The second kappa shape index (κ2) is 3.04. The van der Waals surface area contributed by atoms with E-state index in [1.54, 1.807) is 0 Å². The lowest BCUT2D eigenvalue weighted by molar-refractivity contribution is -0.204. The number of nitrogens with zero attached hydrogens (tertiary/aromatic N) is 1. The predicted octanol–water partition coefficient (Wildman–Crippen LogP) is 3.31. The van der Waals surface area contributed by atoms with Crippen molar-refractivity contribution in [2.45, 2.75) is 23.4 Å². The lowest BCUT2D eigenvalue weighted by atomic mass is 9.90. The molecule has 0 fully saturated rings. The molecule has 0 aliphatic heterocycles. The summed E-state index contributed by atoms with van der Waals surface area (Å²) in [5.41, 5.74) is -1.50. The van der Waals surface area contributed by atoms with Gasteiger partial charge in [-0.3, -0.25) is 0 Å². The Balaban J connectivity index is 3.44. The fourth-order valence-electron chi connectivity index (χ4n) is 1.06. The third-order valence-electron chi connectivity index (χ3n) is 1.93. The molecule has 0 bridgehead atoms. The highest BCUT2D eigenvalue weighted by atomic mass is 35.5. The minimum Gasteiger partial charge on any atom is -0.212 e. The Kier molecular flexibility index (Phi) is 2.47. The van der Waals surface area contributed by atoms with Gasteiger partial charge in [0.05, 0.1) is 18.1 Å². The van der Waals surface area contributed by atoms with Crippen molar-refractivity contribution in [3.05, 3.63) is 11.4 Å². The molecule has 1 rings (SSSR count). The molecule has 0 spiro atoms. The first kappa shape index (κ1) is 12.2. The van der Waals surface area contributed by atoms with Gasteiger partial charge < -0.3 is 0 Å². The zero-order valence-electron chi connectivity index (χ0n) is 6.80. The summed E-state index contributed by atoms with van der Waals surface area (Å²) >= 11 is 4.32. The predicted molar refractivity (Wildman–Crippen MR) is 38.0 cm³/mol. The maximum atomic E-state index is 12.9. The molecule has 0 N–H and O–H groups in total. The van der Waals surface area contributed by atoms with Crippen LogP contribution in [0.4, 0.5) is 26.3 Å². The summed E-state index contributed by atoms with van der Waals surface area (Å²) in [5, 5.41) is 3.26. The van der Waals surface area contributed by atoms with Crippen LogP contribution in [0.2, 0.25) is 0 Å². The normalized spacial score (nSPS) is 33.7. The molecule has 0 radical (unpaired) electrons. The average Bonchev–Trinajstić information content (AvgIpc) is 2.10. The molecule has 0 aromatic carbocycles. The Morgan fingerprint density at radius 3 is 2.07 bits per heavy atom. The monoisotopic (exact) mass is 249 g/mol. The van der Waals surface area contributed by atoms with Crippen molar-refractivity contribution in [1.29, 1.82) is 5.26 Å². The van der Waals surface area contributed by atoms with Gasteiger partial charge in [0.25, 0.3) is 0 Å². The van der Waals surface area contributed by atoms with E-state index in [9.17, 15) is 26.3 Å².